The van der Waals surface area contributed by atoms with E-state index in [1.165, 1.54) is 6.07 Å². The van der Waals surface area contributed by atoms with Crippen LogP contribution >= 0.6 is 0 Å². The van der Waals surface area contributed by atoms with Gasteiger partial charge >= 0.3 is 0 Å². The summed E-state index contributed by atoms with van der Waals surface area (Å²) in [6.45, 7) is 1.96. The van der Waals surface area contributed by atoms with Gasteiger partial charge in [0, 0.05) is 12.5 Å². The minimum absolute atomic E-state index is 0.0404. The fourth-order valence-electron chi connectivity index (χ4n) is 2.33. The van der Waals surface area contributed by atoms with Gasteiger partial charge in [-0.05, 0) is 30.9 Å². The highest BCUT2D eigenvalue weighted by Gasteiger charge is 2.34. The Morgan fingerprint density at radius 1 is 1.40 bits per heavy atom. The van der Waals surface area contributed by atoms with Gasteiger partial charge in [-0.15, -0.1) is 0 Å². The van der Waals surface area contributed by atoms with Crippen LogP contribution in [0.5, 0.6) is 0 Å². The lowest BCUT2D eigenvalue weighted by atomic mass is 10.00. The summed E-state index contributed by atoms with van der Waals surface area (Å²) in [5.74, 6) is -1.05. The summed E-state index contributed by atoms with van der Waals surface area (Å²) in [6.07, 6.45) is 1.35. The van der Waals surface area contributed by atoms with E-state index in [-0.39, 0.29) is 24.0 Å². The Labute approximate surface area is 118 Å². The van der Waals surface area contributed by atoms with Crippen LogP contribution in [0.2, 0.25) is 0 Å². The average molecular weight is 299 g/mol. The van der Waals surface area contributed by atoms with Gasteiger partial charge in [-0.2, -0.15) is 0 Å². The van der Waals surface area contributed by atoms with Crippen molar-refractivity contribution in [3.05, 3.63) is 35.6 Å². The normalized spacial score (nSPS) is 19.0. The molecule has 0 aromatic heterocycles. The fourth-order valence-corrected chi connectivity index (χ4v) is 3.91. The van der Waals surface area contributed by atoms with Gasteiger partial charge < -0.3 is 0 Å². The summed E-state index contributed by atoms with van der Waals surface area (Å²) in [7, 11) is -3.41. The first-order valence-corrected chi connectivity index (χ1v) is 8.30. The van der Waals surface area contributed by atoms with Crippen molar-refractivity contribution in [2.75, 3.05) is 12.3 Å². The molecule has 1 atom stereocenters. The van der Waals surface area contributed by atoms with E-state index >= 15 is 0 Å². The van der Waals surface area contributed by atoms with E-state index in [2.05, 4.69) is 0 Å². The first-order valence-electron chi connectivity index (χ1n) is 6.69. The Kier molecular flexibility index (Phi) is 4.42. The first-order chi connectivity index (χ1) is 9.42. The number of hydrogen-bond donors (Lipinski definition) is 0. The predicted molar refractivity (Wildman–Crippen MR) is 74.0 cm³/mol. The van der Waals surface area contributed by atoms with Crippen molar-refractivity contribution in [3.8, 4) is 0 Å². The van der Waals surface area contributed by atoms with Crippen molar-refractivity contribution in [1.82, 2.24) is 4.31 Å². The van der Waals surface area contributed by atoms with Crippen LogP contribution in [0.1, 0.15) is 25.3 Å². The van der Waals surface area contributed by atoms with Gasteiger partial charge in [0.1, 0.15) is 5.82 Å². The fraction of sp³-hybridized carbons (Fsp3) is 0.500. The van der Waals surface area contributed by atoms with E-state index in [0.717, 1.165) is 4.31 Å². The van der Waals surface area contributed by atoms with Gasteiger partial charge in [-0.1, -0.05) is 25.1 Å². The van der Waals surface area contributed by atoms with Gasteiger partial charge in [0.05, 0.1) is 5.75 Å². The third-order valence-corrected chi connectivity index (χ3v) is 5.41. The highest BCUT2D eigenvalue weighted by molar-refractivity contribution is 7.89. The standard InChI is InChI=1S/C14H18FNO3S/c1-11(7-8-12-5-2-3-6-13(12)15)14(17)16-9-4-10-20(16,18)19/h2-3,5-6,11H,4,7-10H2,1H3. The molecule has 1 unspecified atom stereocenters. The summed E-state index contributed by atoms with van der Waals surface area (Å²) in [6, 6.07) is 6.42. The molecule has 1 fully saturated rings. The second-order valence-electron chi connectivity index (χ2n) is 5.11. The quantitative estimate of drug-likeness (QED) is 0.854. The number of nitrogens with zero attached hydrogens (tertiary/aromatic N) is 1. The Morgan fingerprint density at radius 3 is 2.70 bits per heavy atom. The van der Waals surface area contributed by atoms with Crippen LogP contribution in [0.4, 0.5) is 4.39 Å². The average Bonchev–Trinajstić information content (AvgIpc) is 2.76. The summed E-state index contributed by atoms with van der Waals surface area (Å²) >= 11 is 0. The van der Waals surface area contributed by atoms with Crippen molar-refractivity contribution in [1.29, 1.82) is 0 Å². The Morgan fingerprint density at radius 2 is 2.10 bits per heavy atom. The third-order valence-electron chi connectivity index (χ3n) is 3.57. The Hall–Kier alpha value is -1.43. The number of hydrogen-bond acceptors (Lipinski definition) is 3. The number of rotatable bonds is 4. The van der Waals surface area contributed by atoms with E-state index in [0.29, 0.717) is 24.8 Å². The van der Waals surface area contributed by atoms with Crippen molar-refractivity contribution >= 4 is 15.9 Å². The SMILES string of the molecule is CC(CCc1ccccc1F)C(=O)N1CCCS1(=O)=O. The van der Waals surface area contributed by atoms with Crippen LogP contribution in [-0.4, -0.2) is 30.9 Å². The lowest BCUT2D eigenvalue weighted by Gasteiger charge is -2.19. The summed E-state index contributed by atoms with van der Waals surface area (Å²) < 4.78 is 37.8. The van der Waals surface area contributed by atoms with E-state index in [1.54, 1.807) is 25.1 Å². The molecule has 0 radical (unpaired) electrons. The van der Waals surface area contributed by atoms with Crippen LogP contribution in [0.25, 0.3) is 0 Å². The van der Waals surface area contributed by atoms with Gasteiger partial charge in [0.15, 0.2) is 0 Å². The molecule has 20 heavy (non-hydrogen) atoms. The zero-order valence-corrected chi connectivity index (χ0v) is 12.2. The smallest absolute Gasteiger partial charge is 0.238 e. The van der Waals surface area contributed by atoms with Gasteiger partial charge in [-0.3, -0.25) is 4.79 Å². The molecule has 4 nitrogen and oxygen atoms in total. The summed E-state index contributed by atoms with van der Waals surface area (Å²) in [5.41, 5.74) is 0.552. The summed E-state index contributed by atoms with van der Waals surface area (Å²) in [4.78, 5) is 12.1. The van der Waals surface area contributed by atoms with Crippen molar-refractivity contribution < 1.29 is 17.6 Å². The van der Waals surface area contributed by atoms with Crippen molar-refractivity contribution in [2.45, 2.75) is 26.2 Å². The Bertz CT molecular complexity index is 600. The Balaban J connectivity index is 1.97. The molecular weight excluding hydrogens is 281 g/mol. The lowest BCUT2D eigenvalue weighted by Crippen LogP contribution is -2.36. The van der Waals surface area contributed by atoms with Crippen LogP contribution in [0, 0.1) is 11.7 Å². The first kappa shape index (κ1) is 15.0. The molecule has 6 heteroatoms. The van der Waals surface area contributed by atoms with Gasteiger partial charge in [-0.25, -0.2) is 17.1 Å². The number of aryl methyl sites for hydroxylation is 1. The number of carbonyl (C=O) groups is 1. The van der Waals surface area contributed by atoms with Crippen LogP contribution in [-0.2, 0) is 21.2 Å². The predicted octanol–water partition coefficient (Wildman–Crippen LogP) is 1.96. The maximum absolute atomic E-state index is 13.5. The molecule has 0 N–H and O–H groups in total. The monoisotopic (exact) mass is 299 g/mol. The molecule has 2 rings (SSSR count). The maximum atomic E-state index is 13.5. The molecule has 0 spiro atoms. The third kappa shape index (κ3) is 3.17. The lowest BCUT2D eigenvalue weighted by molar-refractivity contribution is -0.130. The molecule has 0 bridgehead atoms. The molecule has 0 aliphatic carbocycles. The number of halogens is 1. The molecule has 110 valence electrons. The largest absolute Gasteiger partial charge is 0.274 e. The second-order valence-corrected chi connectivity index (χ2v) is 7.12. The highest BCUT2D eigenvalue weighted by atomic mass is 32.2. The van der Waals surface area contributed by atoms with Crippen molar-refractivity contribution in [2.24, 2.45) is 5.92 Å². The van der Waals surface area contributed by atoms with Crippen LogP contribution < -0.4 is 0 Å². The number of carbonyl (C=O) groups excluding carboxylic acids is 1. The van der Waals surface area contributed by atoms with Crippen LogP contribution in [0.3, 0.4) is 0 Å². The zero-order chi connectivity index (χ0) is 14.8. The highest BCUT2D eigenvalue weighted by Crippen LogP contribution is 2.20. The minimum Gasteiger partial charge on any atom is -0.274 e. The maximum Gasteiger partial charge on any atom is 0.238 e. The molecule has 1 heterocycles. The number of benzene rings is 1. The molecule has 1 amide bonds. The number of sulfonamides is 1. The topological polar surface area (TPSA) is 54.5 Å². The minimum atomic E-state index is -3.41. The molecule has 1 aliphatic heterocycles. The van der Waals surface area contributed by atoms with E-state index in [1.807, 2.05) is 0 Å². The molecule has 0 saturated carbocycles. The molecule has 1 saturated heterocycles. The molecule has 1 aliphatic rings. The van der Waals surface area contributed by atoms with E-state index in [4.69, 9.17) is 0 Å². The molecule has 1 aromatic rings. The van der Waals surface area contributed by atoms with Gasteiger partial charge in [0.25, 0.3) is 0 Å². The zero-order valence-electron chi connectivity index (χ0n) is 11.4. The van der Waals surface area contributed by atoms with Gasteiger partial charge in [0.2, 0.25) is 15.9 Å². The molecular formula is C14H18FNO3S. The van der Waals surface area contributed by atoms with E-state index < -0.39 is 15.9 Å². The second kappa shape index (κ2) is 5.91. The number of amides is 1. The van der Waals surface area contributed by atoms with Crippen LogP contribution in [0.15, 0.2) is 24.3 Å². The molecule has 1 aromatic carbocycles. The summed E-state index contributed by atoms with van der Waals surface area (Å²) in [5, 5.41) is 0. The van der Waals surface area contributed by atoms with Crippen molar-refractivity contribution in [3.63, 3.8) is 0 Å². The van der Waals surface area contributed by atoms with E-state index in [9.17, 15) is 17.6 Å².